The summed E-state index contributed by atoms with van der Waals surface area (Å²) in [6.07, 6.45) is 1.76. The molecule has 3 rings (SSSR count). The van der Waals surface area contributed by atoms with E-state index in [4.69, 9.17) is 4.74 Å². The van der Waals surface area contributed by atoms with Crippen LogP contribution in [-0.2, 0) is 16.0 Å². The molecule has 0 saturated carbocycles. The Bertz CT molecular complexity index is 527. The van der Waals surface area contributed by atoms with Crippen molar-refractivity contribution < 1.29 is 9.53 Å². The number of rotatable bonds is 1. The largest absolute Gasteiger partial charge is 0.366 e. The Kier molecular flexibility index (Phi) is 5.25. The number of nitrogens with zero attached hydrogens (tertiary/aromatic N) is 1. The lowest BCUT2D eigenvalue weighted by Gasteiger charge is -2.34. The average Bonchev–Trinajstić information content (AvgIpc) is 2.47. The molecule has 1 fully saturated rings. The number of morpholine rings is 1. The van der Waals surface area contributed by atoms with Gasteiger partial charge in [-0.15, -0.1) is 12.4 Å². The quantitative estimate of drug-likeness (QED) is 0.862. The van der Waals surface area contributed by atoms with Crippen LogP contribution in [0.25, 0.3) is 0 Å². The van der Waals surface area contributed by atoms with Crippen LogP contribution in [0.2, 0.25) is 0 Å². The van der Waals surface area contributed by atoms with Gasteiger partial charge in [0.05, 0.1) is 6.61 Å². The Morgan fingerprint density at radius 1 is 1.38 bits per heavy atom. The molecule has 2 heterocycles. The van der Waals surface area contributed by atoms with Crippen molar-refractivity contribution in [2.75, 3.05) is 31.1 Å². The van der Waals surface area contributed by atoms with Crippen molar-refractivity contribution in [2.24, 2.45) is 0 Å². The van der Waals surface area contributed by atoms with Gasteiger partial charge in [0.1, 0.15) is 6.10 Å². The second-order valence-electron chi connectivity index (χ2n) is 5.74. The first-order chi connectivity index (χ1) is 9.66. The first kappa shape index (κ1) is 16.3. The Morgan fingerprint density at radius 3 is 2.90 bits per heavy atom. The zero-order valence-electron chi connectivity index (χ0n) is 12.6. The van der Waals surface area contributed by atoms with Crippen LogP contribution in [0.4, 0.5) is 5.69 Å². The van der Waals surface area contributed by atoms with Crippen LogP contribution in [0.1, 0.15) is 23.1 Å². The molecule has 1 aromatic carbocycles. The van der Waals surface area contributed by atoms with Crippen LogP contribution >= 0.6 is 12.4 Å². The number of anilines is 1. The highest BCUT2D eigenvalue weighted by Crippen LogP contribution is 2.31. The van der Waals surface area contributed by atoms with Crippen molar-refractivity contribution >= 4 is 24.0 Å². The molecule has 5 heteroatoms. The number of aryl methyl sites for hydroxylation is 2. The predicted molar refractivity (Wildman–Crippen MR) is 86.4 cm³/mol. The summed E-state index contributed by atoms with van der Waals surface area (Å²) < 4.78 is 5.61. The number of amides is 1. The number of hydrogen-bond acceptors (Lipinski definition) is 3. The van der Waals surface area contributed by atoms with E-state index < -0.39 is 0 Å². The Morgan fingerprint density at radius 2 is 2.19 bits per heavy atom. The zero-order valence-corrected chi connectivity index (χ0v) is 13.5. The van der Waals surface area contributed by atoms with Gasteiger partial charge in [0, 0.05) is 25.3 Å². The topological polar surface area (TPSA) is 41.6 Å². The summed E-state index contributed by atoms with van der Waals surface area (Å²) in [5.74, 6) is 0.100. The monoisotopic (exact) mass is 310 g/mol. The van der Waals surface area contributed by atoms with Gasteiger partial charge >= 0.3 is 0 Å². The third kappa shape index (κ3) is 3.23. The van der Waals surface area contributed by atoms with Crippen LogP contribution < -0.4 is 10.2 Å². The Labute approximate surface area is 132 Å². The second-order valence-corrected chi connectivity index (χ2v) is 5.74. The van der Waals surface area contributed by atoms with Crippen molar-refractivity contribution in [1.82, 2.24) is 5.32 Å². The molecule has 116 valence electrons. The molecule has 0 bridgehead atoms. The molecule has 1 atom stereocenters. The molecule has 0 spiro atoms. The zero-order chi connectivity index (χ0) is 14.1. The average molecular weight is 311 g/mol. The van der Waals surface area contributed by atoms with Gasteiger partial charge in [-0.05, 0) is 49.4 Å². The summed E-state index contributed by atoms with van der Waals surface area (Å²) >= 11 is 0. The minimum Gasteiger partial charge on any atom is -0.366 e. The van der Waals surface area contributed by atoms with E-state index in [0.717, 1.165) is 31.6 Å². The second kappa shape index (κ2) is 6.77. The van der Waals surface area contributed by atoms with Crippen molar-refractivity contribution in [3.8, 4) is 0 Å². The maximum Gasteiger partial charge on any atom is 0.257 e. The fraction of sp³-hybridized carbons (Fsp3) is 0.562. The summed E-state index contributed by atoms with van der Waals surface area (Å²) in [5, 5.41) is 3.23. The summed E-state index contributed by atoms with van der Waals surface area (Å²) in [6.45, 7) is 7.09. The Hall–Kier alpha value is -1.10. The van der Waals surface area contributed by atoms with Gasteiger partial charge in [-0.25, -0.2) is 0 Å². The SMILES string of the molecule is Cc1cc(C)c2c(c1)N(C(=O)C1CNCCO1)CCC2.Cl. The third-order valence-corrected chi connectivity index (χ3v) is 4.16. The molecular weight excluding hydrogens is 288 g/mol. The number of carbonyl (C=O) groups is 1. The van der Waals surface area contributed by atoms with Gasteiger partial charge in [0.15, 0.2) is 0 Å². The number of carbonyl (C=O) groups excluding carboxylic acids is 1. The van der Waals surface area contributed by atoms with Crippen molar-refractivity contribution in [3.63, 3.8) is 0 Å². The van der Waals surface area contributed by atoms with E-state index in [2.05, 4.69) is 31.3 Å². The molecule has 2 aliphatic rings. The van der Waals surface area contributed by atoms with Gasteiger partial charge in [0.25, 0.3) is 5.91 Å². The molecule has 4 nitrogen and oxygen atoms in total. The molecule has 0 aliphatic carbocycles. The Balaban J connectivity index is 0.00000161. The first-order valence-electron chi connectivity index (χ1n) is 7.40. The van der Waals surface area contributed by atoms with E-state index in [1.807, 2.05) is 4.90 Å². The van der Waals surface area contributed by atoms with Crippen molar-refractivity contribution in [3.05, 3.63) is 28.8 Å². The fourth-order valence-electron chi connectivity index (χ4n) is 3.20. The molecule has 1 amide bonds. The smallest absolute Gasteiger partial charge is 0.257 e. The lowest BCUT2D eigenvalue weighted by Crippen LogP contribution is -2.50. The normalized spacial score (nSPS) is 21.4. The lowest BCUT2D eigenvalue weighted by atomic mass is 9.94. The highest BCUT2D eigenvalue weighted by Gasteiger charge is 2.31. The molecule has 0 radical (unpaired) electrons. The summed E-state index contributed by atoms with van der Waals surface area (Å²) in [5.41, 5.74) is 4.91. The summed E-state index contributed by atoms with van der Waals surface area (Å²) in [6, 6.07) is 4.33. The van der Waals surface area contributed by atoms with Crippen LogP contribution in [0, 0.1) is 13.8 Å². The minimum atomic E-state index is -0.337. The predicted octanol–water partition coefficient (Wildman–Crippen LogP) is 1.99. The van der Waals surface area contributed by atoms with E-state index >= 15 is 0 Å². The van der Waals surface area contributed by atoms with E-state index in [-0.39, 0.29) is 24.4 Å². The third-order valence-electron chi connectivity index (χ3n) is 4.16. The number of benzene rings is 1. The molecule has 2 aliphatic heterocycles. The van der Waals surface area contributed by atoms with E-state index in [1.165, 1.54) is 16.7 Å². The van der Waals surface area contributed by atoms with E-state index in [0.29, 0.717) is 13.2 Å². The first-order valence-corrected chi connectivity index (χ1v) is 7.40. The maximum absolute atomic E-state index is 12.7. The number of halogens is 1. The molecule has 1 saturated heterocycles. The molecule has 1 aromatic rings. The summed E-state index contributed by atoms with van der Waals surface area (Å²) in [4.78, 5) is 14.6. The highest BCUT2D eigenvalue weighted by molar-refractivity contribution is 5.98. The van der Waals surface area contributed by atoms with Gasteiger partial charge < -0.3 is 15.0 Å². The number of fused-ring (bicyclic) bond motifs is 1. The van der Waals surface area contributed by atoms with Gasteiger partial charge in [0.2, 0.25) is 0 Å². The van der Waals surface area contributed by atoms with Crippen molar-refractivity contribution in [1.29, 1.82) is 0 Å². The summed E-state index contributed by atoms with van der Waals surface area (Å²) in [7, 11) is 0. The van der Waals surface area contributed by atoms with Crippen LogP contribution in [0.15, 0.2) is 12.1 Å². The fourth-order valence-corrected chi connectivity index (χ4v) is 3.20. The van der Waals surface area contributed by atoms with Crippen LogP contribution in [0.3, 0.4) is 0 Å². The molecule has 21 heavy (non-hydrogen) atoms. The molecular formula is C16H23ClN2O2. The number of nitrogens with one attached hydrogen (secondary N) is 1. The van der Waals surface area contributed by atoms with E-state index in [9.17, 15) is 4.79 Å². The standard InChI is InChI=1S/C16H22N2O2.ClH/c1-11-8-12(2)13-4-3-6-18(14(13)9-11)16(19)15-10-17-5-7-20-15;/h8-9,15,17H,3-7,10H2,1-2H3;1H. The molecule has 1 N–H and O–H groups in total. The molecule has 1 unspecified atom stereocenters. The van der Waals surface area contributed by atoms with Gasteiger partial charge in [-0.1, -0.05) is 6.07 Å². The number of ether oxygens (including phenoxy) is 1. The van der Waals surface area contributed by atoms with Crippen LogP contribution in [0.5, 0.6) is 0 Å². The molecule has 0 aromatic heterocycles. The van der Waals surface area contributed by atoms with Crippen LogP contribution in [-0.4, -0.2) is 38.3 Å². The van der Waals surface area contributed by atoms with Crippen molar-refractivity contribution in [2.45, 2.75) is 32.8 Å². The van der Waals surface area contributed by atoms with E-state index in [1.54, 1.807) is 0 Å². The highest BCUT2D eigenvalue weighted by atomic mass is 35.5. The lowest BCUT2D eigenvalue weighted by molar-refractivity contribution is -0.131. The minimum absolute atomic E-state index is 0. The van der Waals surface area contributed by atoms with Gasteiger partial charge in [-0.2, -0.15) is 0 Å². The number of hydrogen-bond donors (Lipinski definition) is 1. The maximum atomic E-state index is 12.7. The van der Waals surface area contributed by atoms with Gasteiger partial charge in [-0.3, -0.25) is 4.79 Å².